The third-order valence-corrected chi connectivity index (χ3v) is 4.60. The van der Waals surface area contributed by atoms with E-state index < -0.39 is 16.3 Å². The summed E-state index contributed by atoms with van der Waals surface area (Å²) >= 11 is 3.23. The van der Waals surface area contributed by atoms with Gasteiger partial charge in [-0.3, -0.25) is 0 Å². The molecule has 17 heavy (non-hydrogen) atoms. The van der Waals surface area contributed by atoms with Crippen molar-refractivity contribution >= 4 is 32.2 Å². The Kier molecular flexibility index (Phi) is 5.17. The van der Waals surface area contributed by atoms with E-state index in [2.05, 4.69) is 20.7 Å². The Bertz CT molecular complexity index is 374. The van der Waals surface area contributed by atoms with E-state index in [4.69, 9.17) is 4.74 Å². The first kappa shape index (κ1) is 14.7. The molecule has 1 N–H and O–H groups in total. The number of rotatable bonds is 3. The second-order valence-corrected chi connectivity index (χ2v) is 5.90. The Morgan fingerprint density at radius 2 is 2.29 bits per heavy atom. The largest absolute Gasteiger partial charge is 0.452 e. The molecule has 1 heterocycles. The maximum atomic E-state index is 11.9. The first-order valence-corrected chi connectivity index (χ1v) is 7.52. The maximum Gasteiger partial charge on any atom is 0.421 e. The standard InChI is InChI=1S/C8H15BrN2O5S/c1-6-5-16-7(3-9)4-11(6)17(13,14)10-8(12)15-2/h6-7H,3-5H2,1-2H3,(H,10,12). The Hall–Kier alpha value is -0.380. The highest BCUT2D eigenvalue weighted by Crippen LogP contribution is 2.16. The van der Waals surface area contributed by atoms with Gasteiger partial charge >= 0.3 is 16.3 Å². The zero-order valence-electron chi connectivity index (χ0n) is 9.55. The third kappa shape index (κ3) is 3.80. The van der Waals surface area contributed by atoms with Gasteiger partial charge in [-0.15, -0.1) is 0 Å². The van der Waals surface area contributed by atoms with Crippen molar-refractivity contribution < 1.29 is 22.7 Å². The van der Waals surface area contributed by atoms with E-state index >= 15 is 0 Å². The average Bonchev–Trinajstić information content (AvgIpc) is 2.28. The van der Waals surface area contributed by atoms with Crippen molar-refractivity contribution in [1.82, 2.24) is 9.03 Å². The predicted octanol–water partition coefficient (Wildman–Crippen LogP) is 0.0714. The number of methoxy groups -OCH3 is 1. The third-order valence-electron chi connectivity index (χ3n) is 2.33. The van der Waals surface area contributed by atoms with E-state index in [-0.39, 0.29) is 18.7 Å². The van der Waals surface area contributed by atoms with Crippen LogP contribution in [0.1, 0.15) is 6.92 Å². The minimum atomic E-state index is -3.88. The van der Waals surface area contributed by atoms with Gasteiger partial charge in [0.15, 0.2) is 0 Å². The van der Waals surface area contributed by atoms with Crippen LogP contribution in [-0.4, -0.2) is 56.6 Å². The fraction of sp³-hybridized carbons (Fsp3) is 0.875. The monoisotopic (exact) mass is 330 g/mol. The number of alkyl halides is 1. The Morgan fingerprint density at radius 3 is 2.82 bits per heavy atom. The molecule has 0 aliphatic carbocycles. The Balaban J connectivity index is 2.77. The second kappa shape index (κ2) is 5.98. The number of carbonyl (C=O) groups excluding carboxylic acids is 1. The van der Waals surface area contributed by atoms with Crippen LogP contribution in [0.3, 0.4) is 0 Å². The lowest BCUT2D eigenvalue weighted by Gasteiger charge is -2.35. The van der Waals surface area contributed by atoms with Crippen molar-refractivity contribution in [3.8, 4) is 0 Å². The smallest absolute Gasteiger partial charge is 0.421 e. The molecule has 1 saturated heterocycles. The number of morpholine rings is 1. The van der Waals surface area contributed by atoms with E-state index in [1.807, 2.05) is 4.72 Å². The number of ether oxygens (including phenoxy) is 2. The first-order chi connectivity index (χ1) is 7.90. The Morgan fingerprint density at radius 1 is 1.65 bits per heavy atom. The molecule has 2 unspecified atom stereocenters. The molecule has 1 aliphatic heterocycles. The summed E-state index contributed by atoms with van der Waals surface area (Å²) in [4.78, 5) is 10.9. The van der Waals surface area contributed by atoms with Gasteiger partial charge in [-0.2, -0.15) is 12.7 Å². The molecule has 1 fully saturated rings. The molecule has 0 aromatic heterocycles. The van der Waals surface area contributed by atoms with Crippen LogP contribution in [0.4, 0.5) is 4.79 Å². The van der Waals surface area contributed by atoms with E-state index in [1.54, 1.807) is 6.92 Å². The fourth-order valence-electron chi connectivity index (χ4n) is 1.43. The van der Waals surface area contributed by atoms with Gasteiger partial charge in [0.05, 0.1) is 19.8 Å². The second-order valence-electron chi connectivity index (χ2n) is 3.63. The molecular formula is C8H15BrN2O5S. The maximum absolute atomic E-state index is 11.9. The van der Waals surface area contributed by atoms with Crippen LogP contribution in [-0.2, 0) is 19.7 Å². The molecule has 100 valence electrons. The molecule has 1 rings (SSSR count). The normalized spacial score (nSPS) is 26.5. The van der Waals surface area contributed by atoms with Crippen molar-refractivity contribution in [3.63, 3.8) is 0 Å². The molecule has 2 atom stereocenters. The van der Waals surface area contributed by atoms with Crippen molar-refractivity contribution in [2.45, 2.75) is 19.1 Å². The predicted molar refractivity (Wildman–Crippen MR) is 64.2 cm³/mol. The van der Waals surface area contributed by atoms with Crippen LogP contribution in [0.15, 0.2) is 0 Å². The summed E-state index contributed by atoms with van der Waals surface area (Å²) in [6, 6.07) is -0.326. The van der Waals surface area contributed by atoms with Gasteiger partial charge in [0, 0.05) is 17.9 Å². The van der Waals surface area contributed by atoms with Crippen LogP contribution >= 0.6 is 15.9 Å². The summed E-state index contributed by atoms with van der Waals surface area (Å²) in [6.07, 6.45) is -1.22. The molecular weight excluding hydrogens is 316 g/mol. The molecule has 0 bridgehead atoms. The summed E-state index contributed by atoms with van der Waals surface area (Å²) in [5, 5.41) is 0.532. The zero-order valence-corrected chi connectivity index (χ0v) is 12.0. The van der Waals surface area contributed by atoms with Crippen LogP contribution < -0.4 is 4.72 Å². The van der Waals surface area contributed by atoms with Gasteiger partial charge in [0.1, 0.15) is 0 Å². The van der Waals surface area contributed by atoms with Crippen molar-refractivity contribution in [1.29, 1.82) is 0 Å². The lowest BCUT2D eigenvalue weighted by atomic mass is 10.2. The van der Waals surface area contributed by atoms with Crippen LogP contribution in [0, 0.1) is 0 Å². The number of nitrogens with one attached hydrogen (secondary N) is 1. The highest BCUT2D eigenvalue weighted by atomic mass is 79.9. The van der Waals surface area contributed by atoms with Crippen LogP contribution in [0.5, 0.6) is 0 Å². The van der Waals surface area contributed by atoms with Gasteiger partial charge in [-0.1, -0.05) is 15.9 Å². The van der Waals surface area contributed by atoms with Crippen LogP contribution in [0.2, 0.25) is 0 Å². The molecule has 0 saturated carbocycles. The van der Waals surface area contributed by atoms with Crippen molar-refractivity contribution in [2.24, 2.45) is 0 Å². The minimum Gasteiger partial charge on any atom is -0.452 e. The number of amides is 1. The molecule has 9 heteroatoms. The minimum absolute atomic E-state index is 0.193. The van der Waals surface area contributed by atoms with Gasteiger partial charge in [0.2, 0.25) is 0 Å². The SMILES string of the molecule is COC(=O)NS(=O)(=O)N1CC(CBr)OCC1C. The topological polar surface area (TPSA) is 84.9 Å². The summed E-state index contributed by atoms with van der Waals surface area (Å²) in [7, 11) is -2.77. The van der Waals surface area contributed by atoms with E-state index in [0.717, 1.165) is 7.11 Å². The van der Waals surface area contributed by atoms with Gasteiger partial charge in [-0.25, -0.2) is 9.52 Å². The van der Waals surface area contributed by atoms with E-state index in [0.29, 0.717) is 11.9 Å². The summed E-state index contributed by atoms with van der Waals surface area (Å²) < 4.78 is 36.4. The van der Waals surface area contributed by atoms with Crippen LogP contribution in [0.25, 0.3) is 0 Å². The number of nitrogens with zero attached hydrogens (tertiary/aromatic N) is 1. The highest BCUT2D eigenvalue weighted by molar-refractivity contribution is 9.09. The number of hydrogen-bond donors (Lipinski definition) is 1. The van der Waals surface area contributed by atoms with E-state index in [9.17, 15) is 13.2 Å². The van der Waals surface area contributed by atoms with Gasteiger partial charge in [-0.05, 0) is 6.92 Å². The first-order valence-electron chi connectivity index (χ1n) is 4.95. The van der Waals surface area contributed by atoms with Crippen molar-refractivity contribution in [2.75, 3.05) is 25.6 Å². The fourth-order valence-corrected chi connectivity index (χ4v) is 3.13. The summed E-state index contributed by atoms with van der Waals surface area (Å²) in [5.74, 6) is 0. The molecule has 7 nitrogen and oxygen atoms in total. The van der Waals surface area contributed by atoms with Crippen molar-refractivity contribution in [3.05, 3.63) is 0 Å². The number of carbonyl (C=O) groups is 1. The lowest BCUT2D eigenvalue weighted by Crippen LogP contribution is -2.55. The van der Waals surface area contributed by atoms with E-state index in [1.165, 1.54) is 4.31 Å². The molecule has 1 amide bonds. The molecule has 0 aromatic carbocycles. The summed E-state index contributed by atoms with van der Waals surface area (Å²) in [5.41, 5.74) is 0. The number of halogens is 1. The van der Waals surface area contributed by atoms with Gasteiger partial charge in [0.25, 0.3) is 0 Å². The molecule has 1 aliphatic rings. The molecule has 0 radical (unpaired) electrons. The quantitative estimate of drug-likeness (QED) is 0.740. The number of hydrogen-bond acceptors (Lipinski definition) is 5. The highest BCUT2D eigenvalue weighted by Gasteiger charge is 2.35. The molecule has 0 spiro atoms. The summed E-state index contributed by atoms with van der Waals surface area (Å²) in [6.45, 7) is 2.19. The Labute approximate surface area is 109 Å². The zero-order chi connectivity index (χ0) is 13.1. The molecule has 0 aromatic rings. The van der Waals surface area contributed by atoms with Gasteiger partial charge < -0.3 is 9.47 Å². The average molecular weight is 331 g/mol. The lowest BCUT2D eigenvalue weighted by molar-refractivity contribution is -0.0143.